The van der Waals surface area contributed by atoms with Crippen LogP contribution in [-0.4, -0.2) is 37.6 Å². The molecule has 1 atom stereocenters. The van der Waals surface area contributed by atoms with Gasteiger partial charge in [-0.3, -0.25) is 14.3 Å². The van der Waals surface area contributed by atoms with Crippen molar-refractivity contribution in [1.82, 2.24) is 19.1 Å². The van der Waals surface area contributed by atoms with Crippen LogP contribution in [0.5, 0.6) is 0 Å². The van der Waals surface area contributed by atoms with Crippen LogP contribution in [0.25, 0.3) is 16.9 Å². The maximum Gasteiger partial charge on any atom is 0.165 e. The molecule has 0 amide bonds. The van der Waals surface area contributed by atoms with Crippen LogP contribution in [0.1, 0.15) is 46.8 Å². The molecular formula is C28H30N4O2. The quantitative estimate of drug-likeness (QED) is 0.337. The Morgan fingerprint density at radius 2 is 1.97 bits per heavy atom. The molecule has 0 saturated carbocycles. The van der Waals surface area contributed by atoms with Gasteiger partial charge < -0.3 is 9.30 Å². The average molecular weight is 455 g/mol. The van der Waals surface area contributed by atoms with Crippen molar-refractivity contribution in [3.8, 4) is 16.9 Å². The number of benzene rings is 1. The molecule has 4 heterocycles. The van der Waals surface area contributed by atoms with E-state index >= 15 is 0 Å². The largest absolute Gasteiger partial charge is 0.376 e. The third kappa shape index (κ3) is 4.46. The molecule has 0 bridgehead atoms. The Morgan fingerprint density at radius 1 is 1.12 bits per heavy atom. The minimum atomic E-state index is 0.150. The third-order valence-electron chi connectivity index (χ3n) is 6.67. The van der Waals surface area contributed by atoms with Crippen LogP contribution in [0, 0.1) is 13.8 Å². The molecule has 1 saturated heterocycles. The molecule has 0 aliphatic carbocycles. The lowest BCUT2D eigenvalue weighted by atomic mass is 10.1. The number of hydrogen-bond donors (Lipinski definition) is 0. The SMILES string of the molecule is Cc1cc(C(=O)CCc2ncc(-c3cccnc3)n2-c2ccccc2)c(C)n1CC1CCCO1. The maximum atomic E-state index is 13.3. The fourth-order valence-electron chi connectivity index (χ4n) is 4.87. The van der Waals surface area contributed by atoms with Crippen LogP contribution in [0.2, 0.25) is 0 Å². The van der Waals surface area contributed by atoms with Crippen molar-refractivity contribution < 1.29 is 9.53 Å². The molecule has 6 heteroatoms. The second-order valence-electron chi connectivity index (χ2n) is 8.93. The van der Waals surface area contributed by atoms with Gasteiger partial charge in [-0.1, -0.05) is 18.2 Å². The van der Waals surface area contributed by atoms with E-state index in [1.54, 1.807) is 6.20 Å². The average Bonchev–Trinajstić information content (AvgIpc) is 3.60. The van der Waals surface area contributed by atoms with Crippen LogP contribution >= 0.6 is 0 Å². The summed E-state index contributed by atoms with van der Waals surface area (Å²) in [6.07, 6.45) is 8.89. The van der Waals surface area contributed by atoms with E-state index in [0.29, 0.717) is 12.8 Å². The van der Waals surface area contributed by atoms with Gasteiger partial charge >= 0.3 is 0 Å². The van der Waals surface area contributed by atoms with E-state index < -0.39 is 0 Å². The number of ketones is 1. The van der Waals surface area contributed by atoms with Crippen molar-refractivity contribution in [3.05, 3.63) is 89.9 Å². The second-order valence-corrected chi connectivity index (χ2v) is 8.93. The van der Waals surface area contributed by atoms with Crippen molar-refractivity contribution in [2.75, 3.05) is 6.61 Å². The molecule has 1 aromatic carbocycles. The Balaban J connectivity index is 1.38. The smallest absolute Gasteiger partial charge is 0.165 e. The van der Waals surface area contributed by atoms with Gasteiger partial charge in [-0.05, 0) is 57.0 Å². The first kappa shape index (κ1) is 22.3. The number of ether oxygens (including phenoxy) is 1. The van der Waals surface area contributed by atoms with E-state index in [1.807, 2.05) is 55.7 Å². The molecule has 1 fully saturated rings. The first-order valence-electron chi connectivity index (χ1n) is 12.0. The number of aryl methyl sites for hydroxylation is 2. The fourth-order valence-corrected chi connectivity index (χ4v) is 4.87. The number of Topliss-reactive ketones (excluding diaryl/α,β-unsaturated/α-hetero) is 1. The molecule has 34 heavy (non-hydrogen) atoms. The summed E-state index contributed by atoms with van der Waals surface area (Å²) in [5, 5.41) is 0. The zero-order valence-corrected chi connectivity index (χ0v) is 19.8. The Hall–Kier alpha value is -3.51. The Labute approximate surface area is 200 Å². The molecular weight excluding hydrogens is 424 g/mol. The lowest BCUT2D eigenvalue weighted by Gasteiger charge is -2.15. The van der Waals surface area contributed by atoms with Gasteiger partial charge in [0.05, 0.1) is 18.0 Å². The summed E-state index contributed by atoms with van der Waals surface area (Å²) in [4.78, 5) is 22.3. The Kier molecular flexibility index (Phi) is 6.41. The standard InChI is InChI=1S/C28H30N4O2/c1-20-16-25(21(2)31(20)19-24-11-7-15-34-24)27(33)12-13-28-30-18-26(22-8-6-14-29-17-22)32(28)23-9-4-3-5-10-23/h3-6,8-10,14,16-18,24H,7,11-13,15,19H2,1-2H3. The van der Waals surface area contributed by atoms with Crippen molar-refractivity contribution >= 4 is 5.78 Å². The lowest BCUT2D eigenvalue weighted by molar-refractivity contribution is 0.0951. The topological polar surface area (TPSA) is 61.9 Å². The van der Waals surface area contributed by atoms with E-state index in [2.05, 4.69) is 33.2 Å². The van der Waals surface area contributed by atoms with Crippen LogP contribution < -0.4 is 0 Å². The van der Waals surface area contributed by atoms with Crippen LogP contribution in [0.15, 0.2) is 67.1 Å². The van der Waals surface area contributed by atoms with Crippen LogP contribution in [0.3, 0.4) is 0 Å². The summed E-state index contributed by atoms with van der Waals surface area (Å²) >= 11 is 0. The zero-order valence-electron chi connectivity index (χ0n) is 19.8. The first-order valence-corrected chi connectivity index (χ1v) is 12.0. The van der Waals surface area contributed by atoms with Gasteiger partial charge in [-0.15, -0.1) is 0 Å². The minimum Gasteiger partial charge on any atom is -0.376 e. The highest BCUT2D eigenvalue weighted by molar-refractivity contribution is 5.97. The fraction of sp³-hybridized carbons (Fsp3) is 0.321. The molecule has 1 unspecified atom stereocenters. The third-order valence-corrected chi connectivity index (χ3v) is 6.67. The van der Waals surface area contributed by atoms with Gasteiger partial charge in [-0.2, -0.15) is 0 Å². The van der Waals surface area contributed by atoms with Crippen molar-refractivity contribution in [2.45, 2.75) is 52.2 Å². The van der Waals surface area contributed by atoms with E-state index in [1.165, 1.54) is 0 Å². The van der Waals surface area contributed by atoms with Gasteiger partial charge in [0.25, 0.3) is 0 Å². The number of carbonyl (C=O) groups is 1. The highest BCUT2D eigenvalue weighted by Crippen LogP contribution is 2.26. The summed E-state index contributed by atoms with van der Waals surface area (Å²) in [6.45, 7) is 5.77. The molecule has 0 spiro atoms. The van der Waals surface area contributed by atoms with E-state index in [9.17, 15) is 4.79 Å². The Bertz CT molecular complexity index is 1270. The molecule has 1 aliphatic rings. The summed E-state index contributed by atoms with van der Waals surface area (Å²) in [7, 11) is 0. The van der Waals surface area contributed by atoms with Gasteiger partial charge in [0.15, 0.2) is 5.78 Å². The second kappa shape index (κ2) is 9.77. The predicted octanol–water partition coefficient (Wildman–Crippen LogP) is 5.35. The van der Waals surface area contributed by atoms with Crippen molar-refractivity contribution in [2.24, 2.45) is 0 Å². The molecule has 4 aromatic rings. The van der Waals surface area contributed by atoms with Gasteiger partial charge in [0.2, 0.25) is 0 Å². The number of nitrogens with zero attached hydrogens (tertiary/aromatic N) is 4. The zero-order chi connectivity index (χ0) is 23.5. The predicted molar refractivity (Wildman–Crippen MR) is 132 cm³/mol. The van der Waals surface area contributed by atoms with Crippen LogP contribution in [0.4, 0.5) is 0 Å². The van der Waals surface area contributed by atoms with Gasteiger partial charge in [-0.25, -0.2) is 4.98 Å². The van der Waals surface area contributed by atoms with Gasteiger partial charge in [0, 0.05) is 66.6 Å². The molecule has 5 rings (SSSR count). The first-order chi connectivity index (χ1) is 16.6. The highest BCUT2D eigenvalue weighted by atomic mass is 16.5. The number of pyridine rings is 1. The monoisotopic (exact) mass is 454 g/mol. The normalized spacial score (nSPS) is 15.6. The summed E-state index contributed by atoms with van der Waals surface area (Å²) in [5.74, 6) is 1.02. The number of para-hydroxylation sites is 1. The lowest BCUT2D eigenvalue weighted by Crippen LogP contribution is -2.17. The maximum absolute atomic E-state index is 13.3. The molecule has 6 nitrogen and oxygen atoms in total. The van der Waals surface area contributed by atoms with E-state index in [-0.39, 0.29) is 11.9 Å². The highest BCUT2D eigenvalue weighted by Gasteiger charge is 2.22. The number of rotatable bonds is 8. The van der Waals surface area contributed by atoms with Crippen LogP contribution in [-0.2, 0) is 17.7 Å². The summed E-state index contributed by atoms with van der Waals surface area (Å²) in [6, 6.07) is 16.1. The molecule has 174 valence electrons. The molecule has 0 radical (unpaired) electrons. The number of carbonyl (C=O) groups excluding carboxylic acids is 1. The van der Waals surface area contributed by atoms with Crippen molar-refractivity contribution in [3.63, 3.8) is 0 Å². The molecule has 0 N–H and O–H groups in total. The van der Waals surface area contributed by atoms with E-state index in [4.69, 9.17) is 9.72 Å². The number of hydrogen-bond acceptors (Lipinski definition) is 4. The Morgan fingerprint density at radius 3 is 2.71 bits per heavy atom. The van der Waals surface area contributed by atoms with Gasteiger partial charge in [0.1, 0.15) is 5.82 Å². The summed E-state index contributed by atoms with van der Waals surface area (Å²) in [5.41, 5.74) is 5.93. The molecule has 3 aromatic heterocycles. The van der Waals surface area contributed by atoms with Crippen molar-refractivity contribution in [1.29, 1.82) is 0 Å². The number of imidazole rings is 1. The molecule has 1 aliphatic heterocycles. The minimum absolute atomic E-state index is 0.150. The van der Waals surface area contributed by atoms with E-state index in [0.717, 1.165) is 65.7 Å². The summed E-state index contributed by atoms with van der Waals surface area (Å²) < 4.78 is 10.2. The number of aromatic nitrogens is 4.